The molecule has 0 aromatic heterocycles. The Labute approximate surface area is 255 Å². The molecular weight excluding hydrogens is 550 g/mol. The Morgan fingerprint density at radius 3 is 2.12 bits per heavy atom. The maximum absolute atomic E-state index is 13.9. The first-order valence-corrected chi connectivity index (χ1v) is 15.2. The predicted octanol–water partition coefficient (Wildman–Crippen LogP) is 2.96. The molecule has 1 aromatic carbocycles. The molecule has 238 valence electrons. The minimum Gasteiger partial charge on any atom is -0.363 e. The van der Waals surface area contributed by atoms with Crippen LogP contribution in [0.25, 0.3) is 0 Å². The van der Waals surface area contributed by atoms with Crippen LogP contribution in [0.15, 0.2) is 30.3 Å². The maximum atomic E-state index is 13.9. The number of nitrogens with zero attached hydrogens (tertiary/aromatic N) is 1. The predicted molar refractivity (Wildman–Crippen MR) is 164 cm³/mol. The number of nitrogens with one attached hydrogen (secondary N) is 3. The highest BCUT2D eigenvalue weighted by atomic mass is 16.2. The molecule has 5 atom stereocenters. The molecule has 1 aromatic rings. The second-order valence-electron chi connectivity index (χ2n) is 12.9. The number of ketones is 2. The Bertz CT molecular complexity index is 1160. The summed E-state index contributed by atoms with van der Waals surface area (Å²) in [4.78, 5) is 79.2. The fourth-order valence-corrected chi connectivity index (χ4v) is 5.11. The average molecular weight is 600 g/mol. The summed E-state index contributed by atoms with van der Waals surface area (Å²) in [5.74, 6) is -3.16. The standard InChI is InChI=1S/C32H49N5O6/c1-8-20(4)16-17-22(26(39)28(33)40)34-29(41)23-15-12-18-37(23)30(42)27(32(5,6)7)36-31(43)35-24(19(2)3)25(38)21-13-10-9-11-14-21/h9-11,13-14,19-20,22-24,27H,8,12,15-18H2,1-7H3,(H2,33,40)(H,34,41)(H2,35,36,43). The molecule has 1 aliphatic heterocycles. The van der Waals surface area contributed by atoms with E-state index in [2.05, 4.69) is 16.0 Å². The summed E-state index contributed by atoms with van der Waals surface area (Å²) in [5.41, 5.74) is 4.97. The number of benzene rings is 1. The molecule has 1 saturated heterocycles. The molecule has 43 heavy (non-hydrogen) atoms. The number of rotatable bonds is 14. The third-order valence-electron chi connectivity index (χ3n) is 8.04. The molecule has 5 amide bonds. The quantitative estimate of drug-likeness (QED) is 0.189. The second-order valence-corrected chi connectivity index (χ2v) is 12.9. The van der Waals surface area contributed by atoms with Crippen molar-refractivity contribution in [1.82, 2.24) is 20.9 Å². The molecule has 11 heteroatoms. The van der Waals surface area contributed by atoms with Gasteiger partial charge in [-0.05, 0) is 42.9 Å². The lowest BCUT2D eigenvalue weighted by atomic mass is 9.85. The lowest BCUT2D eigenvalue weighted by molar-refractivity contribution is -0.143. The molecule has 0 saturated carbocycles. The number of hydrogen-bond acceptors (Lipinski definition) is 6. The molecular formula is C32H49N5O6. The summed E-state index contributed by atoms with van der Waals surface area (Å²) in [6.07, 6.45) is 2.67. The van der Waals surface area contributed by atoms with Gasteiger partial charge in [0.2, 0.25) is 17.6 Å². The van der Waals surface area contributed by atoms with Gasteiger partial charge < -0.3 is 26.6 Å². The number of urea groups is 1. The molecule has 0 aliphatic carbocycles. The van der Waals surface area contributed by atoms with E-state index >= 15 is 0 Å². The van der Waals surface area contributed by atoms with E-state index in [1.165, 1.54) is 4.90 Å². The third-order valence-corrected chi connectivity index (χ3v) is 8.04. The summed E-state index contributed by atoms with van der Waals surface area (Å²) in [7, 11) is 0. The van der Waals surface area contributed by atoms with Crippen LogP contribution in [0.3, 0.4) is 0 Å². The monoisotopic (exact) mass is 599 g/mol. The van der Waals surface area contributed by atoms with Crippen molar-refractivity contribution in [1.29, 1.82) is 0 Å². The summed E-state index contributed by atoms with van der Waals surface area (Å²) in [5, 5.41) is 8.17. The van der Waals surface area contributed by atoms with Gasteiger partial charge in [-0.2, -0.15) is 0 Å². The van der Waals surface area contributed by atoms with Crippen LogP contribution in [0.2, 0.25) is 0 Å². The fourth-order valence-electron chi connectivity index (χ4n) is 5.11. The molecule has 1 heterocycles. The van der Waals surface area contributed by atoms with E-state index < -0.39 is 59.1 Å². The third kappa shape index (κ3) is 9.90. The molecule has 0 spiro atoms. The lowest BCUT2D eigenvalue weighted by Gasteiger charge is -2.36. The number of amides is 5. The molecule has 0 bridgehead atoms. The van der Waals surface area contributed by atoms with Crippen LogP contribution in [0.4, 0.5) is 4.79 Å². The van der Waals surface area contributed by atoms with E-state index in [9.17, 15) is 28.8 Å². The molecule has 0 radical (unpaired) electrons. The Balaban J connectivity index is 2.20. The number of primary amides is 1. The number of nitrogens with two attached hydrogens (primary N) is 1. The molecule has 11 nitrogen and oxygen atoms in total. The summed E-state index contributed by atoms with van der Waals surface area (Å²) in [6, 6.07) is 4.20. The largest absolute Gasteiger partial charge is 0.363 e. The molecule has 1 aliphatic rings. The van der Waals surface area contributed by atoms with Crippen LogP contribution in [-0.4, -0.2) is 70.9 Å². The zero-order chi connectivity index (χ0) is 32.5. The summed E-state index contributed by atoms with van der Waals surface area (Å²) in [6.45, 7) is 13.4. The van der Waals surface area contributed by atoms with E-state index in [0.717, 1.165) is 6.42 Å². The molecule has 5 unspecified atom stereocenters. The Kier molecular flexibility index (Phi) is 12.9. The zero-order valence-electron chi connectivity index (χ0n) is 26.6. The minimum absolute atomic E-state index is 0.217. The van der Waals surface area contributed by atoms with Crippen molar-refractivity contribution in [3.63, 3.8) is 0 Å². The van der Waals surface area contributed by atoms with Crippen molar-refractivity contribution >= 4 is 35.3 Å². The maximum Gasteiger partial charge on any atom is 0.316 e. The van der Waals surface area contributed by atoms with Gasteiger partial charge in [0.1, 0.15) is 12.1 Å². The highest BCUT2D eigenvalue weighted by molar-refractivity contribution is 6.37. The van der Waals surface area contributed by atoms with Gasteiger partial charge in [0.05, 0.1) is 12.1 Å². The molecule has 1 fully saturated rings. The zero-order valence-corrected chi connectivity index (χ0v) is 26.6. The Morgan fingerprint density at radius 1 is 0.953 bits per heavy atom. The lowest BCUT2D eigenvalue weighted by Crippen LogP contribution is -2.61. The average Bonchev–Trinajstić information content (AvgIpc) is 3.45. The first-order chi connectivity index (χ1) is 20.1. The van der Waals surface area contributed by atoms with Gasteiger partial charge in [0.25, 0.3) is 5.91 Å². The topological polar surface area (TPSA) is 168 Å². The smallest absolute Gasteiger partial charge is 0.316 e. The van der Waals surface area contributed by atoms with Crippen molar-refractivity contribution in [2.24, 2.45) is 23.0 Å². The fraction of sp³-hybridized carbons (Fsp3) is 0.625. The number of carbonyl (C=O) groups excluding carboxylic acids is 6. The first kappa shape index (κ1) is 35.4. The number of Topliss-reactive ketones (excluding diaryl/α,β-unsaturated/α-hetero) is 2. The number of carbonyl (C=O) groups is 6. The van der Waals surface area contributed by atoms with Crippen LogP contribution in [0.1, 0.15) is 90.9 Å². The van der Waals surface area contributed by atoms with Crippen molar-refractivity contribution < 1.29 is 28.8 Å². The van der Waals surface area contributed by atoms with E-state index in [0.29, 0.717) is 24.8 Å². The van der Waals surface area contributed by atoms with Crippen LogP contribution in [0, 0.1) is 17.3 Å². The van der Waals surface area contributed by atoms with Crippen molar-refractivity contribution in [3.05, 3.63) is 35.9 Å². The van der Waals surface area contributed by atoms with E-state index in [-0.39, 0.29) is 30.6 Å². The van der Waals surface area contributed by atoms with Crippen LogP contribution < -0.4 is 21.7 Å². The summed E-state index contributed by atoms with van der Waals surface area (Å²) >= 11 is 0. The van der Waals surface area contributed by atoms with E-state index in [1.54, 1.807) is 51.1 Å². The van der Waals surface area contributed by atoms with E-state index in [4.69, 9.17) is 5.73 Å². The van der Waals surface area contributed by atoms with Gasteiger partial charge in [0.15, 0.2) is 5.78 Å². The first-order valence-electron chi connectivity index (χ1n) is 15.2. The molecule has 5 N–H and O–H groups in total. The Hall–Kier alpha value is -3.76. The van der Waals surface area contributed by atoms with Gasteiger partial charge in [-0.3, -0.25) is 24.0 Å². The van der Waals surface area contributed by atoms with Crippen LogP contribution in [-0.2, 0) is 19.2 Å². The second kappa shape index (κ2) is 15.6. The summed E-state index contributed by atoms with van der Waals surface area (Å²) < 4.78 is 0. The van der Waals surface area contributed by atoms with Gasteiger partial charge >= 0.3 is 6.03 Å². The SMILES string of the molecule is CCC(C)CCC(NC(=O)C1CCCN1C(=O)C(NC(=O)NC(C(=O)c1ccccc1)C(C)C)C(C)(C)C)C(=O)C(N)=O. The van der Waals surface area contributed by atoms with Gasteiger partial charge in [-0.15, -0.1) is 0 Å². The molecule has 2 rings (SSSR count). The van der Waals surface area contributed by atoms with Gasteiger partial charge in [-0.1, -0.05) is 85.2 Å². The van der Waals surface area contributed by atoms with Crippen molar-refractivity contribution in [3.8, 4) is 0 Å². The highest BCUT2D eigenvalue weighted by Gasteiger charge is 2.43. The van der Waals surface area contributed by atoms with E-state index in [1.807, 2.05) is 27.7 Å². The Morgan fingerprint density at radius 2 is 1.58 bits per heavy atom. The highest BCUT2D eigenvalue weighted by Crippen LogP contribution is 2.26. The van der Waals surface area contributed by atoms with Crippen LogP contribution in [0.5, 0.6) is 0 Å². The van der Waals surface area contributed by atoms with Gasteiger partial charge in [-0.25, -0.2) is 4.79 Å². The number of hydrogen-bond donors (Lipinski definition) is 4. The van der Waals surface area contributed by atoms with Crippen LogP contribution >= 0.6 is 0 Å². The normalized spacial score (nSPS) is 17.9. The van der Waals surface area contributed by atoms with Crippen molar-refractivity contribution in [2.45, 2.75) is 105 Å². The van der Waals surface area contributed by atoms with Gasteiger partial charge in [0, 0.05) is 12.1 Å². The number of likely N-dealkylation sites (tertiary alicyclic amines) is 1. The minimum atomic E-state index is -1.12. The van der Waals surface area contributed by atoms with Crippen molar-refractivity contribution in [2.75, 3.05) is 6.54 Å².